The smallest absolute Gasteiger partial charge is 0.00261 e. The molecule has 9 aromatic carbocycles. The maximum atomic E-state index is 2.42. The zero-order chi connectivity index (χ0) is 37.3. The van der Waals surface area contributed by atoms with Crippen molar-refractivity contribution in [3.05, 3.63) is 224 Å². The van der Waals surface area contributed by atoms with Gasteiger partial charge in [0.2, 0.25) is 0 Å². The Morgan fingerprint density at radius 3 is 1.07 bits per heavy atom. The number of hydrogen-bond donors (Lipinski definition) is 0. The van der Waals surface area contributed by atoms with E-state index in [1.54, 1.807) is 0 Å². The van der Waals surface area contributed by atoms with E-state index in [2.05, 4.69) is 218 Å². The van der Waals surface area contributed by atoms with Crippen molar-refractivity contribution in [1.29, 1.82) is 0 Å². The van der Waals surface area contributed by atoms with Gasteiger partial charge in [0.25, 0.3) is 0 Å². The first-order valence-corrected chi connectivity index (χ1v) is 19.6. The van der Waals surface area contributed by atoms with E-state index >= 15 is 0 Å². The lowest BCUT2D eigenvalue weighted by Crippen LogP contribution is -1.92. The highest BCUT2D eigenvalue weighted by Crippen LogP contribution is 2.45. The van der Waals surface area contributed by atoms with E-state index in [-0.39, 0.29) is 0 Å². The second-order valence-corrected chi connectivity index (χ2v) is 14.7. The highest BCUT2D eigenvalue weighted by atomic mass is 14.2. The van der Waals surface area contributed by atoms with Crippen molar-refractivity contribution in [3.8, 4) is 66.8 Å². The van der Waals surface area contributed by atoms with Crippen molar-refractivity contribution >= 4 is 27.1 Å². The number of allylic oxidation sites excluding steroid dienone is 4. The van der Waals surface area contributed by atoms with E-state index in [0.29, 0.717) is 0 Å². The first-order chi connectivity index (χ1) is 27.8. The van der Waals surface area contributed by atoms with Crippen molar-refractivity contribution in [2.75, 3.05) is 0 Å². The molecule has 0 aliphatic heterocycles. The molecular formula is C56H40. The number of rotatable bonds is 7. The van der Waals surface area contributed by atoms with Gasteiger partial charge in [0.05, 0.1) is 0 Å². The van der Waals surface area contributed by atoms with Crippen LogP contribution >= 0.6 is 0 Å². The van der Waals surface area contributed by atoms with Crippen LogP contribution in [0.2, 0.25) is 0 Å². The monoisotopic (exact) mass is 712 g/mol. The van der Waals surface area contributed by atoms with Crippen LogP contribution in [0.25, 0.3) is 93.9 Å². The van der Waals surface area contributed by atoms with Gasteiger partial charge in [0, 0.05) is 0 Å². The molecule has 0 fully saturated rings. The van der Waals surface area contributed by atoms with Crippen LogP contribution < -0.4 is 0 Å². The molecule has 0 radical (unpaired) electrons. The van der Waals surface area contributed by atoms with E-state index < -0.39 is 0 Å². The molecule has 0 amide bonds. The minimum absolute atomic E-state index is 1.10. The lowest BCUT2D eigenvalue weighted by Gasteiger charge is -2.19. The van der Waals surface area contributed by atoms with Gasteiger partial charge in [-0.1, -0.05) is 212 Å². The summed E-state index contributed by atoms with van der Waals surface area (Å²) in [5, 5.41) is 5.02. The summed E-state index contributed by atoms with van der Waals surface area (Å²) in [7, 11) is 0. The molecule has 0 saturated carbocycles. The van der Waals surface area contributed by atoms with E-state index in [1.807, 2.05) is 0 Å². The van der Waals surface area contributed by atoms with Crippen LogP contribution in [0.3, 0.4) is 0 Å². The molecule has 0 heterocycles. The summed E-state index contributed by atoms with van der Waals surface area (Å²) in [6.45, 7) is 0. The summed E-state index contributed by atoms with van der Waals surface area (Å²) in [6.07, 6.45) is 9.11. The van der Waals surface area contributed by atoms with Crippen molar-refractivity contribution in [2.24, 2.45) is 0 Å². The second-order valence-electron chi connectivity index (χ2n) is 14.7. The highest BCUT2D eigenvalue weighted by Gasteiger charge is 2.18. The molecule has 1 aliphatic rings. The first-order valence-electron chi connectivity index (χ1n) is 19.6. The summed E-state index contributed by atoms with van der Waals surface area (Å²) in [4.78, 5) is 0. The van der Waals surface area contributed by atoms with Crippen LogP contribution in [-0.2, 0) is 0 Å². The molecule has 0 spiro atoms. The van der Waals surface area contributed by atoms with Crippen LogP contribution in [0.5, 0.6) is 0 Å². The Morgan fingerprint density at radius 2 is 0.607 bits per heavy atom. The summed E-state index contributed by atoms with van der Waals surface area (Å²) in [5.41, 5.74) is 17.3. The normalized spacial score (nSPS) is 12.5. The Balaban J connectivity index is 1.11. The molecule has 0 saturated heterocycles. The molecule has 0 nitrogen and oxygen atoms in total. The van der Waals surface area contributed by atoms with Crippen LogP contribution in [0.1, 0.15) is 18.4 Å². The predicted molar refractivity (Wildman–Crippen MR) is 240 cm³/mol. The molecule has 0 aromatic heterocycles. The molecule has 0 atom stereocenters. The molecule has 0 bridgehead atoms. The second kappa shape index (κ2) is 14.7. The molecule has 9 aromatic rings. The van der Waals surface area contributed by atoms with Crippen LogP contribution in [-0.4, -0.2) is 0 Å². The minimum atomic E-state index is 1.10. The quantitative estimate of drug-likeness (QED) is 0.144. The van der Waals surface area contributed by atoms with Gasteiger partial charge in [-0.3, -0.25) is 0 Å². The van der Waals surface area contributed by atoms with E-state index in [4.69, 9.17) is 0 Å². The Labute approximate surface area is 329 Å². The van der Waals surface area contributed by atoms with Gasteiger partial charge in [-0.15, -0.1) is 0 Å². The summed E-state index contributed by atoms with van der Waals surface area (Å²) < 4.78 is 0. The van der Waals surface area contributed by atoms with Crippen LogP contribution in [0, 0.1) is 0 Å². The Hall–Kier alpha value is -7.02. The average molecular weight is 713 g/mol. The molecule has 1 aliphatic carbocycles. The molecule has 264 valence electrons. The van der Waals surface area contributed by atoms with Crippen LogP contribution in [0.15, 0.2) is 218 Å². The summed E-state index contributed by atoms with van der Waals surface area (Å²) >= 11 is 0. The molecule has 10 rings (SSSR count). The van der Waals surface area contributed by atoms with Crippen LogP contribution in [0.4, 0.5) is 0 Å². The zero-order valence-electron chi connectivity index (χ0n) is 31.2. The molecule has 0 N–H and O–H groups in total. The van der Waals surface area contributed by atoms with Gasteiger partial charge in [0.1, 0.15) is 0 Å². The molecule has 56 heavy (non-hydrogen) atoms. The van der Waals surface area contributed by atoms with E-state index in [1.165, 1.54) is 99.4 Å². The summed E-state index contributed by atoms with van der Waals surface area (Å²) in [5.74, 6) is 0. The standard InChI is InChI=1S/C56H40/c1-4-12-39(13-5-1)42-20-22-45(23-21-42)46-30-34-49(35-31-46)56-52-19-11-10-18-51(52)55(48-32-28-44(29-33-48)41-16-8-3-9-17-41)53-37-36-50(38-54(53)56)47-26-24-43(25-27-47)40-14-6-2-7-15-40/h1,3-6,8-38H,2,7H2. The van der Waals surface area contributed by atoms with E-state index in [0.717, 1.165) is 12.8 Å². The van der Waals surface area contributed by atoms with Gasteiger partial charge in [0.15, 0.2) is 0 Å². The Bertz CT molecular complexity index is 2870. The fourth-order valence-electron chi connectivity index (χ4n) is 8.44. The van der Waals surface area contributed by atoms with Crippen molar-refractivity contribution in [1.82, 2.24) is 0 Å². The lowest BCUT2D eigenvalue weighted by atomic mass is 9.84. The third-order valence-electron chi connectivity index (χ3n) is 11.4. The van der Waals surface area contributed by atoms with Gasteiger partial charge < -0.3 is 0 Å². The van der Waals surface area contributed by atoms with Crippen molar-refractivity contribution < 1.29 is 0 Å². The molecular weight excluding hydrogens is 673 g/mol. The first kappa shape index (κ1) is 33.5. The maximum absolute atomic E-state index is 2.42. The van der Waals surface area contributed by atoms with Gasteiger partial charge in [-0.05, 0) is 118 Å². The zero-order valence-corrected chi connectivity index (χ0v) is 31.2. The average Bonchev–Trinajstić information content (AvgIpc) is 3.29. The number of fused-ring (bicyclic) bond motifs is 2. The Morgan fingerprint density at radius 1 is 0.250 bits per heavy atom. The summed E-state index contributed by atoms with van der Waals surface area (Å²) in [6, 6.07) is 73.5. The third kappa shape index (κ3) is 6.36. The molecule has 0 heteroatoms. The maximum Gasteiger partial charge on any atom is -0.00261 e. The highest BCUT2D eigenvalue weighted by molar-refractivity contribution is 6.22. The third-order valence-corrected chi connectivity index (χ3v) is 11.4. The predicted octanol–water partition coefficient (Wildman–Crippen LogP) is 15.7. The van der Waals surface area contributed by atoms with Crippen molar-refractivity contribution in [3.63, 3.8) is 0 Å². The number of benzene rings is 9. The molecule has 0 unspecified atom stereocenters. The van der Waals surface area contributed by atoms with E-state index in [9.17, 15) is 0 Å². The van der Waals surface area contributed by atoms with Gasteiger partial charge in [-0.2, -0.15) is 0 Å². The SMILES string of the molecule is C1=CC(c2ccc(-c3ccc4c(-c5ccc(-c6ccccc6)cc5)c5ccccc5c(-c5ccc(-c6ccc(-c7ccccc7)cc6)cc5)c4c3)cc2)=CCC1. The van der Waals surface area contributed by atoms with Crippen molar-refractivity contribution in [2.45, 2.75) is 12.8 Å². The number of hydrogen-bond acceptors (Lipinski definition) is 0. The lowest BCUT2D eigenvalue weighted by molar-refractivity contribution is 1.04. The van der Waals surface area contributed by atoms with Gasteiger partial charge >= 0.3 is 0 Å². The minimum Gasteiger partial charge on any atom is -0.0836 e. The van der Waals surface area contributed by atoms with Gasteiger partial charge in [-0.25, -0.2) is 0 Å². The topological polar surface area (TPSA) is 0 Å². The fourth-order valence-corrected chi connectivity index (χ4v) is 8.44. The largest absolute Gasteiger partial charge is 0.0836 e. The Kier molecular flexibility index (Phi) is 8.78. The fraction of sp³-hybridized carbons (Fsp3) is 0.0357.